The molecule has 3 aromatic rings. The number of ether oxygens (including phenoxy) is 2. The van der Waals surface area contributed by atoms with Crippen molar-refractivity contribution >= 4 is 51.6 Å². The number of carbonyl (C=O) groups excluding carboxylic acids is 2. The molecule has 2 aromatic heterocycles. The summed E-state index contributed by atoms with van der Waals surface area (Å²) in [5.41, 5.74) is 0.346. The number of halogens is 1. The first-order chi connectivity index (χ1) is 14.9. The van der Waals surface area contributed by atoms with E-state index < -0.39 is 5.97 Å². The molecular formula is C20H21ClN4O4S2. The molecule has 0 fully saturated rings. The Kier molecular flexibility index (Phi) is 7.94. The van der Waals surface area contributed by atoms with Gasteiger partial charge in [-0.15, -0.1) is 21.5 Å². The summed E-state index contributed by atoms with van der Waals surface area (Å²) in [6.45, 7) is 4.64. The van der Waals surface area contributed by atoms with Crippen molar-refractivity contribution in [2.75, 3.05) is 18.2 Å². The number of methoxy groups -OCH3 is 1. The molecule has 0 aliphatic carbocycles. The van der Waals surface area contributed by atoms with Crippen molar-refractivity contribution in [2.24, 2.45) is 0 Å². The standard InChI is InChI=1S/C20H21ClN4O4S2/c1-4-25-16(10-29-15-8-6-5-7-14(15)21)23-24-20(25)30-11-17(26)22-18-13(19(27)28-3)9-12(2)31-18/h5-9H,4,10-11H2,1-3H3,(H,22,26). The number of rotatable bonds is 9. The van der Waals surface area contributed by atoms with Crippen LogP contribution in [0.2, 0.25) is 5.02 Å². The second-order valence-electron chi connectivity index (χ2n) is 6.29. The first-order valence-electron chi connectivity index (χ1n) is 9.33. The lowest BCUT2D eigenvalue weighted by molar-refractivity contribution is -0.113. The number of nitrogens with one attached hydrogen (secondary N) is 1. The summed E-state index contributed by atoms with van der Waals surface area (Å²) in [6, 6.07) is 8.89. The van der Waals surface area contributed by atoms with Crippen molar-refractivity contribution in [1.29, 1.82) is 0 Å². The molecule has 1 aromatic carbocycles. The Hall–Kier alpha value is -2.56. The molecule has 0 atom stereocenters. The number of anilines is 1. The van der Waals surface area contributed by atoms with E-state index in [1.807, 2.05) is 30.5 Å². The molecule has 1 amide bonds. The van der Waals surface area contributed by atoms with E-state index in [0.717, 1.165) is 4.88 Å². The van der Waals surface area contributed by atoms with E-state index in [0.29, 0.717) is 38.9 Å². The number of para-hydroxylation sites is 1. The predicted octanol–water partition coefficient (Wildman–Crippen LogP) is 4.42. The van der Waals surface area contributed by atoms with Gasteiger partial charge in [-0.2, -0.15) is 0 Å². The molecule has 0 aliphatic rings. The Morgan fingerprint density at radius 3 is 2.77 bits per heavy atom. The Morgan fingerprint density at radius 1 is 1.29 bits per heavy atom. The first-order valence-corrected chi connectivity index (χ1v) is 11.5. The molecule has 0 spiro atoms. The second-order valence-corrected chi connectivity index (χ2v) is 8.90. The Balaban J connectivity index is 1.61. The van der Waals surface area contributed by atoms with Crippen LogP contribution in [0.25, 0.3) is 0 Å². The van der Waals surface area contributed by atoms with E-state index in [4.69, 9.17) is 21.1 Å². The number of aryl methyl sites for hydroxylation is 1. The number of hydrogen-bond acceptors (Lipinski definition) is 8. The molecule has 31 heavy (non-hydrogen) atoms. The lowest BCUT2D eigenvalue weighted by atomic mass is 10.3. The summed E-state index contributed by atoms with van der Waals surface area (Å²) in [6.07, 6.45) is 0. The summed E-state index contributed by atoms with van der Waals surface area (Å²) in [5, 5.41) is 12.7. The van der Waals surface area contributed by atoms with Gasteiger partial charge in [0.25, 0.3) is 0 Å². The van der Waals surface area contributed by atoms with Gasteiger partial charge in [-0.1, -0.05) is 35.5 Å². The van der Waals surface area contributed by atoms with Crippen molar-refractivity contribution in [2.45, 2.75) is 32.2 Å². The average Bonchev–Trinajstić information content (AvgIpc) is 3.33. The number of amides is 1. The van der Waals surface area contributed by atoms with Gasteiger partial charge in [0.15, 0.2) is 11.0 Å². The number of carbonyl (C=O) groups is 2. The topological polar surface area (TPSA) is 95.3 Å². The Bertz CT molecular complexity index is 1080. The lowest BCUT2D eigenvalue weighted by Gasteiger charge is -2.10. The third kappa shape index (κ3) is 5.78. The molecule has 11 heteroatoms. The second kappa shape index (κ2) is 10.7. The number of aromatic nitrogens is 3. The third-order valence-electron chi connectivity index (χ3n) is 4.15. The Morgan fingerprint density at radius 2 is 2.06 bits per heavy atom. The van der Waals surface area contributed by atoms with Crippen LogP contribution in [-0.2, 0) is 22.7 Å². The minimum Gasteiger partial charge on any atom is -0.484 e. The zero-order valence-electron chi connectivity index (χ0n) is 17.2. The molecule has 3 rings (SSSR count). The van der Waals surface area contributed by atoms with Gasteiger partial charge in [-0.25, -0.2) is 4.79 Å². The third-order valence-corrected chi connectivity index (χ3v) is 6.39. The van der Waals surface area contributed by atoms with Crippen LogP contribution in [-0.4, -0.2) is 39.5 Å². The van der Waals surface area contributed by atoms with Crippen LogP contribution in [0.4, 0.5) is 5.00 Å². The van der Waals surface area contributed by atoms with Crippen molar-refractivity contribution in [1.82, 2.24) is 14.8 Å². The van der Waals surface area contributed by atoms with Gasteiger partial charge in [-0.3, -0.25) is 4.79 Å². The first kappa shape index (κ1) is 23.1. The summed E-state index contributed by atoms with van der Waals surface area (Å²) in [7, 11) is 1.31. The molecule has 0 radical (unpaired) electrons. The molecule has 0 unspecified atom stereocenters. The number of benzene rings is 1. The van der Waals surface area contributed by atoms with E-state index in [2.05, 4.69) is 15.5 Å². The van der Waals surface area contributed by atoms with Crippen LogP contribution in [0, 0.1) is 6.92 Å². The average molecular weight is 481 g/mol. The minimum atomic E-state index is -0.485. The van der Waals surface area contributed by atoms with E-state index in [1.54, 1.807) is 18.2 Å². The molecule has 0 saturated heterocycles. The maximum Gasteiger partial charge on any atom is 0.340 e. The van der Waals surface area contributed by atoms with Crippen LogP contribution in [0.1, 0.15) is 28.0 Å². The molecule has 0 bridgehead atoms. The van der Waals surface area contributed by atoms with Gasteiger partial charge in [-0.05, 0) is 32.0 Å². The molecule has 2 heterocycles. The van der Waals surface area contributed by atoms with E-state index in [-0.39, 0.29) is 18.3 Å². The molecule has 0 saturated carbocycles. The highest BCUT2D eigenvalue weighted by Crippen LogP contribution is 2.29. The fraction of sp³-hybridized carbons (Fsp3) is 0.300. The van der Waals surface area contributed by atoms with Gasteiger partial charge in [0, 0.05) is 11.4 Å². The quantitative estimate of drug-likeness (QED) is 0.357. The van der Waals surface area contributed by atoms with E-state index >= 15 is 0 Å². The number of nitrogens with zero attached hydrogens (tertiary/aromatic N) is 3. The highest BCUT2D eigenvalue weighted by Gasteiger charge is 2.19. The Labute approximate surface area is 192 Å². The molecule has 0 aliphatic heterocycles. The van der Waals surface area contributed by atoms with Crippen molar-refractivity contribution in [3.05, 3.63) is 51.6 Å². The predicted molar refractivity (Wildman–Crippen MR) is 121 cm³/mol. The number of hydrogen-bond donors (Lipinski definition) is 1. The number of thiophene rings is 1. The van der Waals surface area contributed by atoms with Crippen LogP contribution in [0.5, 0.6) is 5.75 Å². The zero-order valence-corrected chi connectivity index (χ0v) is 19.6. The van der Waals surface area contributed by atoms with Crippen LogP contribution in [0.3, 0.4) is 0 Å². The maximum atomic E-state index is 12.4. The lowest BCUT2D eigenvalue weighted by Crippen LogP contribution is -2.16. The number of esters is 1. The normalized spacial score (nSPS) is 10.7. The van der Waals surface area contributed by atoms with Crippen molar-refractivity contribution in [3.8, 4) is 5.75 Å². The highest BCUT2D eigenvalue weighted by atomic mass is 35.5. The van der Waals surface area contributed by atoms with Crippen LogP contribution < -0.4 is 10.1 Å². The fourth-order valence-electron chi connectivity index (χ4n) is 2.72. The summed E-state index contributed by atoms with van der Waals surface area (Å²) >= 11 is 8.70. The van der Waals surface area contributed by atoms with Crippen molar-refractivity contribution in [3.63, 3.8) is 0 Å². The summed E-state index contributed by atoms with van der Waals surface area (Å²) in [5.74, 6) is 0.571. The van der Waals surface area contributed by atoms with Crippen molar-refractivity contribution < 1.29 is 19.1 Å². The molecule has 8 nitrogen and oxygen atoms in total. The largest absolute Gasteiger partial charge is 0.484 e. The van der Waals surface area contributed by atoms with Crippen LogP contribution >= 0.6 is 34.7 Å². The summed E-state index contributed by atoms with van der Waals surface area (Å²) in [4.78, 5) is 25.2. The van der Waals surface area contributed by atoms with Gasteiger partial charge < -0.3 is 19.4 Å². The molecule has 164 valence electrons. The molecule has 1 N–H and O–H groups in total. The summed E-state index contributed by atoms with van der Waals surface area (Å²) < 4.78 is 12.4. The zero-order chi connectivity index (χ0) is 22.4. The smallest absolute Gasteiger partial charge is 0.340 e. The number of thioether (sulfide) groups is 1. The van der Waals surface area contributed by atoms with Gasteiger partial charge in [0.05, 0.1) is 23.4 Å². The van der Waals surface area contributed by atoms with E-state index in [9.17, 15) is 9.59 Å². The van der Waals surface area contributed by atoms with Gasteiger partial charge in [0.1, 0.15) is 17.4 Å². The van der Waals surface area contributed by atoms with E-state index in [1.165, 1.54) is 30.2 Å². The highest BCUT2D eigenvalue weighted by molar-refractivity contribution is 7.99. The fourth-order valence-corrected chi connectivity index (χ4v) is 4.64. The molecular weight excluding hydrogens is 460 g/mol. The minimum absolute atomic E-state index is 0.112. The van der Waals surface area contributed by atoms with Crippen LogP contribution in [0.15, 0.2) is 35.5 Å². The van der Waals surface area contributed by atoms with Gasteiger partial charge >= 0.3 is 5.97 Å². The maximum absolute atomic E-state index is 12.4. The SMILES string of the molecule is CCn1c(COc2ccccc2Cl)nnc1SCC(=O)Nc1sc(C)cc1C(=O)OC. The van der Waals surface area contributed by atoms with Gasteiger partial charge in [0.2, 0.25) is 5.91 Å². The monoisotopic (exact) mass is 480 g/mol.